The van der Waals surface area contributed by atoms with Gasteiger partial charge in [0.05, 0.1) is 12.6 Å². The summed E-state index contributed by atoms with van der Waals surface area (Å²) in [5.41, 5.74) is 1.25. The molecule has 0 amide bonds. The van der Waals surface area contributed by atoms with Crippen molar-refractivity contribution in [2.45, 2.75) is 17.6 Å². The van der Waals surface area contributed by atoms with Crippen molar-refractivity contribution in [3.63, 3.8) is 0 Å². The number of hydrogen-bond acceptors (Lipinski definition) is 5. The maximum Gasteiger partial charge on any atom is 0.260 e. The van der Waals surface area contributed by atoms with E-state index in [0.717, 1.165) is 5.56 Å². The predicted molar refractivity (Wildman–Crippen MR) is 99.7 cm³/mol. The molecule has 4 aromatic rings. The zero-order valence-corrected chi connectivity index (χ0v) is 15.5. The van der Waals surface area contributed by atoms with Gasteiger partial charge in [-0.3, -0.25) is 9.08 Å². The Labute approximate surface area is 160 Å². The van der Waals surface area contributed by atoms with Crippen LogP contribution in [0.1, 0.15) is 11.6 Å². The van der Waals surface area contributed by atoms with Gasteiger partial charge >= 0.3 is 0 Å². The van der Waals surface area contributed by atoms with Crippen LogP contribution in [0.4, 0.5) is 0 Å². The van der Waals surface area contributed by atoms with Crippen LogP contribution < -0.4 is 4.72 Å². The monoisotopic (exact) mass is 402 g/mol. The summed E-state index contributed by atoms with van der Waals surface area (Å²) >= 11 is 6.15. The Morgan fingerprint density at radius 2 is 1.89 bits per heavy atom. The molecule has 0 saturated carbocycles. The fraction of sp³-hybridized carbons (Fsp3) is 0.118. The van der Waals surface area contributed by atoms with Gasteiger partial charge in [-0.05, 0) is 17.7 Å². The number of benzene rings is 1. The lowest BCUT2D eigenvalue weighted by Gasteiger charge is -2.19. The number of halogens is 1. The van der Waals surface area contributed by atoms with Gasteiger partial charge < -0.3 is 0 Å². The van der Waals surface area contributed by atoms with Gasteiger partial charge in [0.15, 0.2) is 10.2 Å². The topological polar surface area (TPSA) is 94.2 Å². The summed E-state index contributed by atoms with van der Waals surface area (Å²) in [6, 6.07) is 13.9. The van der Waals surface area contributed by atoms with Gasteiger partial charge in [-0.2, -0.15) is 5.10 Å². The number of aromatic nitrogens is 5. The Bertz CT molecular complexity index is 1160. The van der Waals surface area contributed by atoms with E-state index in [4.69, 9.17) is 11.6 Å². The predicted octanol–water partition coefficient (Wildman–Crippen LogP) is 2.30. The quantitative estimate of drug-likeness (QED) is 0.534. The Kier molecular flexibility index (Phi) is 4.65. The molecule has 1 unspecified atom stereocenters. The number of rotatable bonds is 6. The van der Waals surface area contributed by atoms with Crippen LogP contribution in [-0.2, 0) is 16.6 Å². The van der Waals surface area contributed by atoms with Gasteiger partial charge in [0.1, 0.15) is 18.3 Å². The maximum absolute atomic E-state index is 13.1. The number of sulfonamides is 1. The molecule has 0 radical (unpaired) electrons. The van der Waals surface area contributed by atoms with E-state index in [-0.39, 0.29) is 16.7 Å². The molecule has 0 spiro atoms. The lowest BCUT2D eigenvalue weighted by atomic mass is 10.1. The van der Waals surface area contributed by atoms with Crippen molar-refractivity contribution in [1.82, 2.24) is 28.9 Å². The molecule has 3 aromatic heterocycles. The van der Waals surface area contributed by atoms with Crippen molar-refractivity contribution < 1.29 is 8.42 Å². The third-order valence-corrected chi connectivity index (χ3v) is 5.91. The Morgan fingerprint density at radius 1 is 1.11 bits per heavy atom. The van der Waals surface area contributed by atoms with E-state index in [1.807, 2.05) is 30.3 Å². The third kappa shape index (κ3) is 3.57. The SMILES string of the molecule is O=S(=O)(NC(Cn1cncn1)c1ccccc1)c1c(Cl)nc2ccccn12. The van der Waals surface area contributed by atoms with E-state index in [9.17, 15) is 8.42 Å². The molecule has 1 N–H and O–H groups in total. The Balaban J connectivity index is 1.74. The van der Waals surface area contributed by atoms with E-state index in [1.54, 1.807) is 29.1 Å². The molecule has 8 nitrogen and oxygen atoms in total. The fourth-order valence-electron chi connectivity index (χ4n) is 2.84. The summed E-state index contributed by atoms with van der Waals surface area (Å²) in [4.78, 5) is 8.03. The summed E-state index contributed by atoms with van der Waals surface area (Å²) in [5, 5.41) is 3.89. The first-order valence-corrected chi connectivity index (χ1v) is 9.93. The fourth-order valence-corrected chi connectivity index (χ4v) is 4.70. The standard InChI is InChI=1S/C17H15ClN6O2S/c18-16-17(24-9-5-4-8-15(24)21-16)27(25,26)22-14(10-23-12-19-11-20-23)13-6-2-1-3-7-13/h1-9,11-12,14,22H,10H2. The Hall–Kier alpha value is -2.75. The highest BCUT2D eigenvalue weighted by molar-refractivity contribution is 7.89. The van der Waals surface area contributed by atoms with Crippen LogP contribution >= 0.6 is 11.6 Å². The molecule has 0 aliphatic carbocycles. The Morgan fingerprint density at radius 3 is 2.63 bits per heavy atom. The number of fused-ring (bicyclic) bond motifs is 1. The number of pyridine rings is 1. The average molecular weight is 403 g/mol. The van der Waals surface area contributed by atoms with E-state index < -0.39 is 16.1 Å². The number of hydrogen-bond donors (Lipinski definition) is 1. The highest BCUT2D eigenvalue weighted by Gasteiger charge is 2.28. The normalized spacial score (nSPS) is 13.1. The van der Waals surface area contributed by atoms with Crippen molar-refractivity contribution in [1.29, 1.82) is 0 Å². The number of nitrogens with zero attached hydrogens (tertiary/aromatic N) is 5. The zero-order valence-electron chi connectivity index (χ0n) is 14.0. The smallest absolute Gasteiger partial charge is 0.260 e. The van der Waals surface area contributed by atoms with E-state index >= 15 is 0 Å². The first kappa shape index (κ1) is 17.7. The van der Waals surface area contributed by atoms with Crippen LogP contribution in [0, 0.1) is 0 Å². The minimum absolute atomic E-state index is 0.0822. The van der Waals surface area contributed by atoms with Crippen molar-refractivity contribution in [2.75, 3.05) is 0 Å². The third-order valence-electron chi connectivity index (χ3n) is 4.04. The second-order valence-electron chi connectivity index (χ2n) is 5.84. The van der Waals surface area contributed by atoms with Gasteiger partial charge in [-0.1, -0.05) is 48.0 Å². The van der Waals surface area contributed by atoms with E-state index in [0.29, 0.717) is 5.65 Å². The molecule has 0 saturated heterocycles. The van der Waals surface area contributed by atoms with Crippen LogP contribution in [0.3, 0.4) is 0 Å². The van der Waals surface area contributed by atoms with Crippen LogP contribution in [-0.4, -0.2) is 32.6 Å². The molecule has 0 aliphatic heterocycles. The second-order valence-corrected chi connectivity index (χ2v) is 7.83. The van der Waals surface area contributed by atoms with Crippen molar-refractivity contribution in [2.24, 2.45) is 0 Å². The van der Waals surface area contributed by atoms with E-state index in [2.05, 4.69) is 19.8 Å². The summed E-state index contributed by atoms with van der Waals surface area (Å²) in [7, 11) is -3.97. The summed E-state index contributed by atoms with van der Waals surface area (Å²) in [5.74, 6) is 0. The zero-order chi connectivity index (χ0) is 18.9. The van der Waals surface area contributed by atoms with Gasteiger partial charge in [-0.15, -0.1) is 0 Å². The molecular formula is C17H15ClN6O2S. The molecule has 3 heterocycles. The lowest BCUT2D eigenvalue weighted by Crippen LogP contribution is -2.32. The highest BCUT2D eigenvalue weighted by Crippen LogP contribution is 2.25. The van der Waals surface area contributed by atoms with Crippen molar-refractivity contribution >= 4 is 27.3 Å². The largest absolute Gasteiger partial charge is 0.288 e. The minimum atomic E-state index is -3.97. The molecule has 27 heavy (non-hydrogen) atoms. The number of nitrogens with one attached hydrogen (secondary N) is 1. The van der Waals surface area contributed by atoms with Gasteiger partial charge in [0, 0.05) is 6.20 Å². The van der Waals surface area contributed by atoms with Gasteiger partial charge in [0.2, 0.25) is 0 Å². The van der Waals surface area contributed by atoms with Crippen LogP contribution in [0.15, 0.2) is 72.4 Å². The molecule has 1 aromatic carbocycles. The van der Waals surface area contributed by atoms with Crippen LogP contribution in [0.2, 0.25) is 5.15 Å². The van der Waals surface area contributed by atoms with Crippen molar-refractivity contribution in [3.05, 3.63) is 78.1 Å². The molecule has 0 fully saturated rings. The molecule has 0 aliphatic rings. The van der Waals surface area contributed by atoms with Gasteiger partial charge in [0.25, 0.3) is 10.0 Å². The molecular weight excluding hydrogens is 388 g/mol. The van der Waals surface area contributed by atoms with Crippen LogP contribution in [0.5, 0.6) is 0 Å². The van der Waals surface area contributed by atoms with Gasteiger partial charge in [-0.25, -0.2) is 23.1 Å². The highest BCUT2D eigenvalue weighted by atomic mass is 35.5. The lowest BCUT2D eigenvalue weighted by molar-refractivity contribution is 0.481. The van der Waals surface area contributed by atoms with E-state index in [1.165, 1.54) is 17.1 Å². The average Bonchev–Trinajstić information content (AvgIpc) is 3.28. The molecule has 1 atom stereocenters. The first-order valence-electron chi connectivity index (χ1n) is 8.07. The second kappa shape index (κ2) is 7.10. The molecule has 4 rings (SSSR count). The summed E-state index contributed by atoms with van der Waals surface area (Å²) in [6.45, 7) is 0.275. The first-order chi connectivity index (χ1) is 13.0. The van der Waals surface area contributed by atoms with Crippen LogP contribution in [0.25, 0.3) is 5.65 Å². The maximum atomic E-state index is 13.1. The van der Waals surface area contributed by atoms with Crippen molar-refractivity contribution in [3.8, 4) is 0 Å². The summed E-state index contributed by atoms with van der Waals surface area (Å²) in [6.07, 6.45) is 4.54. The summed E-state index contributed by atoms with van der Waals surface area (Å²) < 4.78 is 32.0. The molecule has 138 valence electrons. The number of imidazole rings is 1. The minimum Gasteiger partial charge on any atom is -0.288 e. The molecule has 0 bridgehead atoms. The molecule has 10 heteroatoms.